The number of aromatic amines is 1. The second-order valence-electron chi connectivity index (χ2n) is 6.89. The fourth-order valence-corrected chi connectivity index (χ4v) is 3.76. The van der Waals surface area contributed by atoms with Crippen LogP contribution in [-0.4, -0.2) is 61.5 Å². The van der Waals surface area contributed by atoms with Gasteiger partial charge in [0.05, 0.1) is 19.8 Å². The molecule has 5 nitrogen and oxygen atoms in total. The van der Waals surface area contributed by atoms with Crippen LogP contribution in [0.4, 0.5) is 4.39 Å². The van der Waals surface area contributed by atoms with Crippen molar-refractivity contribution in [2.24, 2.45) is 0 Å². The molecule has 1 spiro atoms. The molecule has 0 bridgehead atoms. The molecule has 6 heteroatoms. The maximum Gasteiger partial charge on any atom is 0.123 e. The molecule has 1 aromatic carbocycles. The summed E-state index contributed by atoms with van der Waals surface area (Å²) in [5, 5.41) is 4.37. The number of fused-ring (bicyclic) bond motifs is 1. The molecule has 4 rings (SSSR count). The Labute approximate surface area is 141 Å². The average molecular weight is 333 g/mol. The quantitative estimate of drug-likeness (QED) is 0.880. The summed E-state index contributed by atoms with van der Waals surface area (Å²) in [6, 6.07) is 4.92. The lowest BCUT2D eigenvalue weighted by atomic mass is 10.0. The highest BCUT2D eigenvalue weighted by Crippen LogP contribution is 2.26. The van der Waals surface area contributed by atoms with Crippen molar-refractivity contribution in [1.29, 1.82) is 0 Å². The third-order valence-corrected chi connectivity index (χ3v) is 5.07. The molecule has 1 atom stereocenters. The Morgan fingerprint density at radius 2 is 2.25 bits per heavy atom. The van der Waals surface area contributed by atoms with Gasteiger partial charge < -0.3 is 19.8 Å². The van der Waals surface area contributed by atoms with Crippen LogP contribution in [0.25, 0.3) is 10.9 Å². The van der Waals surface area contributed by atoms with Gasteiger partial charge in [0, 0.05) is 49.3 Å². The first-order chi connectivity index (χ1) is 11.7. The minimum Gasteiger partial charge on any atom is -0.377 e. The first-order valence-electron chi connectivity index (χ1n) is 8.57. The summed E-state index contributed by atoms with van der Waals surface area (Å²) in [4.78, 5) is 5.84. The molecule has 1 aromatic heterocycles. The molecule has 130 valence electrons. The second-order valence-corrected chi connectivity index (χ2v) is 6.89. The summed E-state index contributed by atoms with van der Waals surface area (Å²) in [5.74, 6) is -0.192. The van der Waals surface area contributed by atoms with E-state index in [2.05, 4.69) is 22.1 Å². The van der Waals surface area contributed by atoms with Crippen LogP contribution in [0.2, 0.25) is 0 Å². The number of benzene rings is 1. The number of ether oxygens (including phenoxy) is 2. The first kappa shape index (κ1) is 16.0. The lowest BCUT2D eigenvalue weighted by Gasteiger charge is -2.41. The van der Waals surface area contributed by atoms with Crippen molar-refractivity contribution in [1.82, 2.24) is 15.2 Å². The predicted octanol–water partition coefficient (Wildman–Crippen LogP) is 1.81. The topological polar surface area (TPSA) is 49.5 Å². The van der Waals surface area contributed by atoms with E-state index in [4.69, 9.17) is 9.47 Å². The number of nitrogens with zero attached hydrogens (tertiary/aromatic N) is 1. The zero-order valence-corrected chi connectivity index (χ0v) is 14.0. The Morgan fingerprint density at radius 1 is 1.33 bits per heavy atom. The minimum atomic E-state index is -0.263. The van der Waals surface area contributed by atoms with Crippen molar-refractivity contribution >= 4 is 10.9 Å². The summed E-state index contributed by atoms with van der Waals surface area (Å²) < 4.78 is 25.3. The molecule has 2 aliphatic rings. The van der Waals surface area contributed by atoms with E-state index in [1.807, 2.05) is 6.07 Å². The van der Waals surface area contributed by atoms with Crippen LogP contribution in [0.3, 0.4) is 0 Å². The van der Waals surface area contributed by atoms with Gasteiger partial charge >= 0.3 is 0 Å². The number of H-pyrrole nitrogens is 1. The average Bonchev–Trinajstić information content (AvgIpc) is 2.74. The molecular formula is C18H24FN3O2. The summed E-state index contributed by atoms with van der Waals surface area (Å²) in [7, 11) is 0. The van der Waals surface area contributed by atoms with E-state index in [9.17, 15) is 4.39 Å². The van der Waals surface area contributed by atoms with Gasteiger partial charge in [-0.1, -0.05) is 0 Å². The van der Waals surface area contributed by atoms with Gasteiger partial charge in [-0.2, -0.15) is 0 Å². The van der Waals surface area contributed by atoms with Crippen molar-refractivity contribution in [2.75, 3.05) is 46.0 Å². The summed E-state index contributed by atoms with van der Waals surface area (Å²) in [6.45, 7) is 8.36. The highest BCUT2D eigenvalue weighted by atomic mass is 19.1. The standard InChI is InChI=1S/C18H24FN3O2/c1-13-15-8-14(19)2-3-16(15)21-17(13)9-22-5-7-24-18(11-22)10-20-4-6-23-12-18/h2-3,8,20-21H,4-7,9-12H2,1H3. The van der Waals surface area contributed by atoms with Crippen LogP contribution in [0.15, 0.2) is 18.2 Å². The molecule has 0 aliphatic carbocycles. The van der Waals surface area contributed by atoms with Gasteiger partial charge in [0.1, 0.15) is 11.4 Å². The lowest BCUT2D eigenvalue weighted by molar-refractivity contribution is -0.135. The molecule has 24 heavy (non-hydrogen) atoms. The Bertz CT molecular complexity index is 722. The molecule has 0 radical (unpaired) electrons. The van der Waals surface area contributed by atoms with Gasteiger partial charge in [-0.05, 0) is 30.7 Å². The van der Waals surface area contributed by atoms with Gasteiger partial charge in [0.25, 0.3) is 0 Å². The molecule has 1 unspecified atom stereocenters. The molecule has 2 aromatic rings. The fraction of sp³-hybridized carbons (Fsp3) is 0.556. The van der Waals surface area contributed by atoms with Crippen LogP contribution in [0.1, 0.15) is 11.3 Å². The first-order valence-corrected chi connectivity index (χ1v) is 8.57. The Hall–Kier alpha value is -1.47. The zero-order valence-electron chi connectivity index (χ0n) is 14.0. The van der Waals surface area contributed by atoms with E-state index in [1.54, 1.807) is 6.07 Å². The third-order valence-electron chi connectivity index (χ3n) is 5.07. The number of hydrogen-bond donors (Lipinski definition) is 2. The number of aryl methyl sites for hydroxylation is 1. The van der Waals surface area contributed by atoms with E-state index in [1.165, 1.54) is 6.07 Å². The predicted molar refractivity (Wildman–Crippen MR) is 90.6 cm³/mol. The highest BCUT2D eigenvalue weighted by Gasteiger charge is 2.38. The molecule has 2 N–H and O–H groups in total. The fourth-order valence-electron chi connectivity index (χ4n) is 3.76. The number of halogens is 1. The van der Waals surface area contributed by atoms with Gasteiger partial charge in [0.15, 0.2) is 0 Å². The van der Waals surface area contributed by atoms with Crippen LogP contribution in [0.5, 0.6) is 0 Å². The largest absolute Gasteiger partial charge is 0.377 e. The van der Waals surface area contributed by atoms with Gasteiger partial charge in [-0.3, -0.25) is 4.90 Å². The lowest BCUT2D eigenvalue weighted by Crippen LogP contribution is -2.57. The molecule has 2 saturated heterocycles. The van der Waals surface area contributed by atoms with Crippen LogP contribution < -0.4 is 5.32 Å². The highest BCUT2D eigenvalue weighted by molar-refractivity contribution is 5.84. The minimum absolute atomic E-state index is 0.192. The van der Waals surface area contributed by atoms with E-state index in [-0.39, 0.29) is 11.4 Å². The van der Waals surface area contributed by atoms with E-state index in [0.717, 1.165) is 61.5 Å². The molecule has 0 amide bonds. The van der Waals surface area contributed by atoms with Crippen LogP contribution in [0, 0.1) is 12.7 Å². The Balaban J connectivity index is 1.53. The van der Waals surface area contributed by atoms with Crippen molar-refractivity contribution in [2.45, 2.75) is 19.1 Å². The molecule has 3 heterocycles. The molecule has 2 aliphatic heterocycles. The molecular weight excluding hydrogens is 309 g/mol. The summed E-state index contributed by atoms with van der Waals surface area (Å²) in [5.41, 5.74) is 3.00. The van der Waals surface area contributed by atoms with Crippen molar-refractivity contribution in [3.63, 3.8) is 0 Å². The number of hydrogen-bond acceptors (Lipinski definition) is 4. The summed E-state index contributed by atoms with van der Waals surface area (Å²) >= 11 is 0. The van der Waals surface area contributed by atoms with Gasteiger partial charge in [-0.25, -0.2) is 4.39 Å². The number of aromatic nitrogens is 1. The van der Waals surface area contributed by atoms with E-state index >= 15 is 0 Å². The normalized spacial score (nSPS) is 26.1. The smallest absolute Gasteiger partial charge is 0.123 e. The van der Waals surface area contributed by atoms with Gasteiger partial charge in [0.2, 0.25) is 0 Å². The maximum absolute atomic E-state index is 13.5. The van der Waals surface area contributed by atoms with Crippen molar-refractivity contribution in [3.05, 3.63) is 35.3 Å². The van der Waals surface area contributed by atoms with Crippen molar-refractivity contribution < 1.29 is 13.9 Å². The Kier molecular flexibility index (Phi) is 4.30. The van der Waals surface area contributed by atoms with Crippen LogP contribution in [-0.2, 0) is 16.0 Å². The van der Waals surface area contributed by atoms with E-state index < -0.39 is 0 Å². The third kappa shape index (κ3) is 3.07. The van der Waals surface area contributed by atoms with Crippen LogP contribution >= 0.6 is 0 Å². The van der Waals surface area contributed by atoms with Gasteiger partial charge in [-0.15, -0.1) is 0 Å². The monoisotopic (exact) mass is 333 g/mol. The molecule has 0 saturated carbocycles. The Morgan fingerprint density at radius 3 is 3.17 bits per heavy atom. The zero-order chi connectivity index (χ0) is 16.6. The number of rotatable bonds is 2. The number of morpholine rings is 1. The SMILES string of the molecule is Cc1c(CN2CCOC3(CNCCOC3)C2)[nH]c2ccc(F)cc12. The van der Waals surface area contributed by atoms with Crippen molar-refractivity contribution in [3.8, 4) is 0 Å². The maximum atomic E-state index is 13.5. The van der Waals surface area contributed by atoms with E-state index in [0.29, 0.717) is 13.2 Å². The second kappa shape index (κ2) is 6.44. The number of nitrogens with one attached hydrogen (secondary N) is 2. The summed E-state index contributed by atoms with van der Waals surface area (Å²) in [6.07, 6.45) is 0. The molecule has 2 fully saturated rings.